The zero-order valence-corrected chi connectivity index (χ0v) is 14.0. The minimum Gasteiger partial charge on any atom is -0.449 e. The predicted molar refractivity (Wildman–Crippen MR) is 93.2 cm³/mol. The van der Waals surface area contributed by atoms with E-state index < -0.39 is 12.1 Å². The molecule has 4 nitrogen and oxygen atoms in total. The van der Waals surface area contributed by atoms with Crippen LogP contribution in [0, 0.1) is 0 Å². The molecule has 0 fully saturated rings. The molecule has 0 aromatic heterocycles. The number of benzene rings is 2. The lowest BCUT2D eigenvalue weighted by Crippen LogP contribution is -2.39. The van der Waals surface area contributed by atoms with Crippen molar-refractivity contribution in [1.82, 2.24) is 0 Å². The zero-order valence-electron chi connectivity index (χ0n) is 14.0. The standard InChI is InChI=1S/C20H21NO3/c1-3-15-8-10-17(11-9-15)20(23)24-14(2)19(22)21-13-12-16-6-4-5-7-18(16)21/h4-11,14H,3,12-13H2,1-2H3/t14-/m0/s1. The number of para-hydroxylation sites is 1. The molecule has 1 atom stereocenters. The highest BCUT2D eigenvalue weighted by molar-refractivity contribution is 6.00. The van der Waals surface area contributed by atoms with E-state index in [-0.39, 0.29) is 5.91 Å². The lowest BCUT2D eigenvalue weighted by Gasteiger charge is -2.21. The fourth-order valence-electron chi connectivity index (χ4n) is 2.94. The average Bonchev–Trinajstić information content (AvgIpc) is 3.05. The summed E-state index contributed by atoms with van der Waals surface area (Å²) in [6, 6.07) is 15.1. The SMILES string of the molecule is CCc1ccc(C(=O)O[C@@H](C)C(=O)N2CCc3ccccc32)cc1. The number of esters is 1. The minimum atomic E-state index is -0.811. The summed E-state index contributed by atoms with van der Waals surface area (Å²) in [6.07, 6.45) is 0.939. The number of fused-ring (bicyclic) bond motifs is 1. The normalized spacial score (nSPS) is 14.2. The van der Waals surface area contributed by atoms with Gasteiger partial charge < -0.3 is 9.64 Å². The number of amides is 1. The van der Waals surface area contributed by atoms with Gasteiger partial charge in [0.05, 0.1) is 5.56 Å². The van der Waals surface area contributed by atoms with E-state index in [0.29, 0.717) is 12.1 Å². The van der Waals surface area contributed by atoms with Crippen LogP contribution in [0.1, 0.15) is 35.3 Å². The Balaban J connectivity index is 1.67. The van der Waals surface area contributed by atoms with Crippen LogP contribution in [0.3, 0.4) is 0 Å². The van der Waals surface area contributed by atoms with Crippen molar-refractivity contribution in [3.05, 3.63) is 65.2 Å². The number of carbonyl (C=O) groups is 2. The third-order valence-electron chi connectivity index (χ3n) is 4.38. The summed E-state index contributed by atoms with van der Waals surface area (Å²) >= 11 is 0. The second kappa shape index (κ2) is 6.87. The molecule has 3 rings (SSSR count). The maximum absolute atomic E-state index is 12.6. The Morgan fingerprint density at radius 1 is 1.12 bits per heavy atom. The molecular weight excluding hydrogens is 302 g/mol. The number of rotatable bonds is 4. The van der Waals surface area contributed by atoms with Crippen LogP contribution in [0.2, 0.25) is 0 Å². The molecule has 0 spiro atoms. The second-order valence-electron chi connectivity index (χ2n) is 5.97. The Bertz CT molecular complexity index is 752. The van der Waals surface area contributed by atoms with Gasteiger partial charge in [0.15, 0.2) is 6.10 Å². The molecule has 2 aromatic carbocycles. The number of hydrogen-bond acceptors (Lipinski definition) is 3. The van der Waals surface area contributed by atoms with E-state index in [4.69, 9.17) is 4.74 Å². The van der Waals surface area contributed by atoms with Crippen molar-refractivity contribution in [2.45, 2.75) is 32.8 Å². The Morgan fingerprint density at radius 3 is 2.54 bits per heavy atom. The first-order valence-corrected chi connectivity index (χ1v) is 8.29. The van der Waals surface area contributed by atoms with Crippen molar-refractivity contribution in [3.8, 4) is 0 Å². The number of anilines is 1. The summed E-state index contributed by atoms with van der Waals surface area (Å²) in [6.45, 7) is 4.31. The Morgan fingerprint density at radius 2 is 1.83 bits per heavy atom. The first kappa shape index (κ1) is 16.2. The van der Waals surface area contributed by atoms with Crippen molar-refractivity contribution >= 4 is 17.6 Å². The summed E-state index contributed by atoms with van der Waals surface area (Å²) < 4.78 is 5.37. The van der Waals surface area contributed by atoms with Crippen molar-refractivity contribution in [3.63, 3.8) is 0 Å². The van der Waals surface area contributed by atoms with Crippen LogP contribution >= 0.6 is 0 Å². The van der Waals surface area contributed by atoms with Gasteiger partial charge in [0.25, 0.3) is 5.91 Å². The highest BCUT2D eigenvalue weighted by atomic mass is 16.5. The summed E-state index contributed by atoms with van der Waals surface area (Å²) in [4.78, 5) is 26.6. The van der Waals surface area contributed by atoms with Gasteiger partial charge in [0.2, 0.25) is 0 Å². The molecule has 1 aliphatic rings. The van der Waals surface area contributed by atoms with E-state index in [0.717, 1.165) is 29.7 Å². The molecule has 124 valence electrons. The molecule has 4 heteroatoms. The van der Waals surface area contributed by atoms with E-state index in [9.17, 15) is 9.59 Å². The van der Waals surface area contributed by atoms with Gasteiger partial charge >= 0.3 is 5.97 Å². The third-order valence-corrected chi connectivity index (χ3v) is 4.38. The molecule has 0 aliphatic carbocycles. The molecular formula is C20H21NO3. The lowest BCUT2D eigenvalue weighted by atomic mass is 10.1. The van der Waals surface area contributed by atoms with E-state index in [1.54, 1.807) is 24.0 Å². The minimum absolute atomic E-state index is 0.182. The van der Waals surface area contributed by atoms with Crippen LogP contribution < -0.4 is 4.90 Å². The predicted octanol–water partition coefficient (Wildman–Crippen LogP) is 3.38. The van der Waals surface area contributed by atoms with Crippen LogP contribution in [0.25, 0.3) is 0 Å². The molecule has 1 heterocycles. The molecule has 1 amide bonds. The Hall–Kier alpha value is -2.62. The summed E-state index contributed by atoms with van der Waals surface area (Å²) in [5.74, 6) is -0.649. The average molecular weight is 323 g/mol. The maximum atomic E-state index is 12.6. The van der Waals surface area contributed by atoms with Crippen LogP contribution in [-0.4, -0.2) is 24.5 Å². The molecule has 0 bridgehead atoms. The topological polar surface area (TPSA) is 46.6 Å². The molecule has 24 heavy (non-hydrogen) atoms. The number of ether oxygens (including phenoxy) is 1. The fraction of sp³-hybridized carbons (Fsp3) is 0.300. The monoisotopic (exact) mass is 323 g/mol. The van der Waals surface area contributed by atoms with Crippen LogP contribution in [0.5, 0.6) is 0 Å². The first-order chi connectivity index (χ1) is 11.6. The molecule has 0 N–H and O–H groups in total. The molecule has 1 aliphatic heterocycles. The van der Waals surface area contributed by atoms with E-state index >= 15 is 0 Å². The van der Waals surface area contributed by atoms with Gasteiger partial charge in [0.1, 0.15) is 0 Å². The lowest BCUT2D eigenvalue weighted by molar-refractivity contribution is -0.126. The Labute approximate surface area is 142 Å². The van der Waals surface area contributed by atoms with Crippen LogP contribution in [-0.2, 0) is 22.4 Å². The number of aryl methyl sites for hydroxylation is 1. The zero-order chi connectivity index (χ0) is 17.1. The molecule has 0 saturated heterocycles. The largest absolute Gasteiger partial charge is 0.449 e. The number of carbonyl (C=O) groups excluding carboxylic acids is 2. The van der Waals surface area contributed by atoms with Crippen molar-refractivity contribution in [2.24, 2.45) is 0 Å². The summed E-state index contributed by atoms with van der Waals surface area (Å²) in [5.41, 5.74) is 3.69. The smallest absolute Gasteiger partial charge is 0.338 e. The van der Waals surface area contributed by atoms with Crippen molar-refractivity contribution in [1.29, 1.82) is 0 Å². The van der Waals surface area contributed by atoms with Gasteiger partial charge in [-0.3, -0.25) is 4.79 Å². The van der Waals surface area contributed by atoms with Gasteiger partial charge in [-0.25, -0.2) is 4.79 Å². The van der Waals surface area contributed by atoms with Gasteiger partial charge in [-0.05, 0) is 49.1 Å². The molecule has 2 aromatic rings. The number of hydrogen-bond donors (Lipinski definition) is 0. The van der Waals surface area contributed by atoms with Crippen molar-refractivity contribution in [2.75, 3.05) is 11.4 Å². The highest BCUT2D eigenvalue weighted by Gasteiger charge is 2.29. The van der Waals surface area contributed by atoms with E-state index in [1.807, 2.05) is 36.4 Å². The number of nitrogens with zero attached hydrogens (tertiary/aromatic N) is 1. The molecule has 0 unspecified atom stereocenters. The Kier molecular flexibility index (Phi) is 4.65. The van der Waals surface area contributed by atoms with Gasteiger partial charge in [-0.15, -0.1) is 0 Å². The summed E-state index contributed by atoms with van der Waals surface area (Å²) in [7, 11) is 0. The molecule has 0 saturated carbocycles. The van der Waals surface area contributed by atoms with Gasteiger partial charge in [0, 0.05) is 12.2 Å². The second-order valence-corrected chi connectivity index (χ2v) is 5.97. The highest BCUT2D eigenvalue weighted by Crippen LogP contribution is 2.28. The summed E-state index contributed by atoms with van der Waals surface area (Å²) in [5, 5.41) is 0. The third kappa shape index (κ3) is 3.18. The van der Waals surface area contributed by atoms with Crippen molar-refractivity contribution < 1.29 is 14.3 Å². The van der Waals surface area contributed by atoms with Crippen LogP contribution in [0.15, 0.2) is 48.5 Å². The maximum Gasteiger partial charge on any atom is 0.338 e. The first-order valence-electron chi connectivity index (χ1n) is 8.29. The quantitative estimate of drug-likeness (QED) is 0.810. The van der Waals surface area contributed by atoms with E-state index in [2.05, 4.69) is 6.92 Å². The van der Waals surface area contributed by atoms with Crippen LogP contribution in [0.4, 0.5) is 5.69 Å². The fourth-order valence-corrected chi connectivity index (χ4v) is 2.94. The van der Waals surface area contributed by atoms with Gasteiger partial charge in [-0.1, -0.05) is 37.3 Å². The molecule has 0 radical (unpaired) electrons. The van der Waals surface area contributed by atoms with E-state index in [1.165, 1.54) is 0 Å². The van der Waals surface area contributed by atoms with Gasteiger partial charge in [-0.2, -0.15) is 0 Å².